The zero-order valence-electron chi connectivity index (χ0n) is 12.1. The first-order valence-electron chi connectivity index (χ1n) is 6.59. The first-order valence-corrected chi connectivity index (χ1v) is 8.33. The summed E-state index contributed by atoms with van der Waals surface area (Å²) in [6.07, 6.45) is 0. The fourth-order valence-corrected chi connectivity index (χ4v) is 2.69. The van der Waals surface area contributed by atoms with Gasteiger partial charge in [-0.15, -0.1) is 5.10 Å². The second kappa shape index (κ2) is 7.80. The third-order valence-corrected chi connectivity index (χ3v) is 4.09. The summed E-state index contributed by atoms with van der Waals surface area (Å²) in [5.41, 5.74) is 0.488. The number of aromatic nitrogens is 4. The molecule has 0 radical (unpaired) electrons. The molecular formula is C13H15Cl2N5OS. The third kappa shape index (κ3) is 4.86. The number of carbonyl (C=O) groups is 1. The Hall–Kier alpha value is -1.31. The van der Waals surface area contributed by atoms with Gasteiger partial charge in [0.2, 0.25) is 11.1 Å². The molecule has 6 nitrogen and oxygen atoms in total. The SMILES string of the molecule is CC(C)Cn1nnnc1SCC(=O)Nc1cc(Cl)ccc1Cl. The lowest BCUT2D eigenvalue weighted by atomic mass is 10.2. The van der Waals surface area contributed by atoms with E-state index in [4.69, 9.17) is 23.2 Å². The van der Waals surface area contributed by atoms with E-state index < -0.39 is 0 Å². The van der Waals surface area contributed by atoms with Crippen molar-refractivity contribution in [3.05, 3.63) is 28.2 Å². The first kappa shape index (κ1) is 17.1. The number of rotatable bonds is 6. The molecule has 1 amide bonds. The summed E-state index contributed by atoms with van der Waals surface area (Å²) in [6.45, 7) is 4.85. The third-order valence-electron chi connectivity index (χ3n) is 2.57. The Labute approximate surface area is 142 Å². The number of amides is 1. The van der Waals surface area contributed by atoms with Crippen LogP contribution < -0.4 is 5.32 Å². The Bertz CT molecular complexity index is 662. The number of nitrogens with one attached hydrogen (secondary N) is 1. The lowest BCUT2D eigenvalue weighted by molar-refractivity contribution is -0.113. The first-order chi connectivity index (χ1) is 10.5. The van der Waals surface area contributed by atoms with Gasteiger partial charge in [-0.25, -0.2) is 4.68 Å². The van der Waals surface area contributed by atoms with Crippen molar-refractivity contribution in [3.8, 4) is 0 Å². The van der Waals surface area contributed by atoms with E-state index in [1.165, 1.54) is 11.8 Å². The van der Waals surface area contributed by atoms with E-state index in [0.29, 0.717) is 33.4 Å². The number of hydrogen-bond acceptors (Lipinski definition) is 5. The number of tetrazole rings is 1. The molecule has 0 aliphatic carbocycles. The van der Waals surface area contributed by atoms with Gasteiger partial charge in [0.1, 0.15) is 0 Å². The fourth-order valence-electron chi connectivity index (χ4n) is 1.67. The summed E-state index contributed by atoms with van der Waals surface area (Å²) in [5.74, 6) is 0.400. The minimum absolute atomic E-state index is 0.182. The van der Waals surface area contributed by atoms with Crippen LogP contribution in [-0.4, -0.2) is 31.9 Å². The summed E-state index contributed by atoms with van der Waals surface area (Å²) in [5, 5.41) is 15.7. The van der Waals surface area contributed by atoms with Crippen molar-refractivity contribution in [1.82, 2.24) is 20.2 Å². The molecule has 2 rings (SSSR count). The number of benzene rings is 1. The van der Waals surface area contributed by atoms with Gasteiger partial charge in [0.05, 0.1) is 16.5 Å². The highest BCUT2D eigenvalue weighted by atomic mass is 35.5. The molecule has 1 heterocycles. The zero-order valence-corrected chi connectivity index (χ0v) is 14.4. The van der Waals surface area contributed by atoms with Crippen LogP contribution in [0.5, 0.6) is 0 Å². The van der Waals surface area contributed by atoms with Crippen molar-refractivity contribution < 1.29 is 4.79 Å². The highest BCUT2D eigenvalue weighted by Gasteiger charge is 2.12. The van der Waals surface area contributed by atoms with E-state index >= 15 is 0 Å². The molecule has 0 bridgehead atoms. The predicted octanol–water partition coefficient (Wildman–Crippen LogP) is 3.37. The molecule has 0 saturated heterocycles. The van der Waals surface area contributed by atoms with Crippen molar-refractivity contribution in [2.24, 2.45) is 5.92 Å². The van der Waals surface area contributed by atoms with Gasteiger partial charge in [0.15, 0.2) is 0 Å². The smallest absolute Gasteiger partial charge is 0.234 e. The summed E-state index contributed by atoms with van der Waals surface area (Å²) in [7, 11) is 0. The molecule has 2 aromatic rings. The summed E-state index contributed by atoms with van der Waals surface area (Å²) in [4.78, 5) is 12.0. The van der Waals surface area contributed by atoms with Crippen LogP contribution in [0.2, 0.25) is 10.0 Å². The lowest BCUT2D eigenvalue weighted by Gasteiger charge is -2.08. The van der Waals surface area contributed by atoms with Crippen LogP contribution in [-0.2, 0) is 11.3 Å². The van der Waals surface area contributed by atoms with E-state index in [0.717, 1.165) is 0 Å². The summed E-state index contributed by atoms with van der Waals surface area (Å²) >= 11 is 13.2. The van der Waals surface area contributed by atoms with E-state index in [2.05, 4.69) is 34.7 Å². The zero-order chi connectivity index (χ0) is 16.1. The van der Waals surface area contributed by atoms with E-state index in [-0.39, 0.29) is 11.7 Å². The molecule has 118 valence electrons. The Morgan fingerprint density at radius 2 is 2.18 bits per heavy atom. The summed E-state index contributed by atoms with van der Waals surface area (Å²) in [6, 6.07) is 4.90. The number of carbonyl (C=O) groups excluding carboxylic acids is 1. The topological polar surface area (TPSA) is 72.7 Å². The number of nitrogens with zero attached hydrogens (tertiary/aromatic N) is 4. The molecule has 0 atom stereocenters. The Morgan fingerprint density at radius 3 is 2.91 bits per heavy atom. The van der Waals surface area contributed by atoms with Gasteiger partial charge < -0.3 is 5.32 Å². The van der Waals surface area contributed by atoms with Gasteiger partial charge in [-0.1, -0.05) is 48.8 Å². The average Bonchev–Trinajstić information content (AvgIpc) is 2.87. The van der Waals surface area contributed by atoms with E-state index in [1.807, 2.05) is 0 Å². The molecule has 1 N–H and O–H groups in total. The van der Waals surface area contributed by atoms with Gasteiger partial charge in [0.25, 0.3) is 0 Å². The molecule has 1 aromatic heterocycles. The van der Waals surface area contributed by atoms with Crippen LogP contribution in [0.1, 0.15) is 13.8 Å². The minimum atomic E-state index is -0.201. The molecule has 0 unspecified atom stereocenters. The largest absolute Gasteiger partial charge is 0.324 e. The molecule has 0 spiro atoms. The maximum Gasteiger partial charge on any atom is 0.234 e. The maximum absolute atomic E-state index is 12.0. The quantitative estimate of drug-likeness (QED) is 0.800. The van der Waals surface area contributed by atoms with Crippen LogP contribution in [0.4, 0.5) is 5.69 Å². The van der Waals surface area contributed by atoms with Gasteiger partial charge in [-0.2, -0.15) is 0 Å². The molecule has 0 saturated carbocycles. The molecular weight excluding hydrogens is 345 g/mol. The monoisotopic (exact) mass is 359 g/mol. The Balaban J connectivity index is 1.93. The van der Waals surface area contributed by atoms with Crippen LogP contribution in [0.15, 0.2) is 23.4 Å². The van der Waals surface area contributed by atoms with Gasteiger partial charge in [0, 0.05) is 11.6 Å². The molecule has 0 aliphatic heterocycles. The van der Waals surface area contributed by atoms with Gasteiger partial charge >= 0.3 is 0 Å². The Kier molecular flexibility index (Phi) is 6.05. The molecule has 22 heavy (non-hydrogen) atoms. The fraction of sp³-hybridized carbons (Fsp3) is 0.385. The number of hydrogen-bond donors (Lipinski definition) is 1. The molecule has 0 fully saturated rings. The van der Waals surface area contributed by atoms with Crippen LogP contribution in [0.3, 0.4) is 0 Å². The molecule has 1 aromatic carbocycles. The van der Waals surface area contributed by atoms with Gasteiger partial charge in [-0.05, 0) is 34.5 Å². The normalized spacial score (nSPS) is 11.0. The number of halogens is 2. The second-order valence-corrected chi connectivity index (χ2v) is 6.78. The Morgan fingerprint density at radius 1 is 1.41 bits per heavy atom. The van der Waals surface area contributed by atoms with Crippen LogP contribution >= 0.6 is 35.0 Å². The molecule has 9 heteroatoms. The molecule has 0 aliphatic rings. The van der Waals surface area contributed by atoms with Crippen molar-refractivity contribution >= 4 is 46.6 Å². The van der Waals surface area contributed by atoms with Crippen molar-refractivity contribution in [2.45, 2.75) is 25.5 Å². The number of anilines is 1. The maximum atomic E-state index is 12.0. The van der Waals surface area contributed by atoms with Crippen molar-refractivity contribution in [1.29, 1.82) is 0 Å². The highest BCUT2D eigenvalue weighted by Crippen LogP contribution is 2.25. The second-order valence-electron chi connectivity index (χ2n) is 5.00. The predicted molar refractivity (Wildman–Crippen MR) is 88.5 cm³/mol. The average molecular weight is 360 g/mol. The standard InChI is InChI=1S/C13H15Cl2N5OS/c1-8(2)6-20-13(17-18-19-20)22-7-12(21)16-11-5-9(14)3-4-10(11)15/h3-5,8H,6-7H2,1-2H3,(H,16,21). The number of thioether (sulfide) groups is 1. The van der Waals surface area contributed by atoms with Crippen molar-refractivity contribution in [2.75, 3.05) is 11.1 Å². The van der Waals surface area contributed by atoms with Crippen LogP contribution in [0.25, 0.3) is 0 Å². The van der Waals surface area contributed by atoms with Crippen molar-refractivity contribution in [3.63, 3.8) is 0 Å². The minimum Gasteiger partial charge on any atom is -0.324 e. The van der Waals surface area contributed by atoms with Crippen LogP contribution in [0, 0.1) is 5.92 Å². The summed E-state index contributed by atoms with van der Waals surface area (Å²) < 4.78 is 1.69. The highest BCUT2D eigenvalue weighted by molar-refractivity contribution is 7.99. The van der Waals surface area contributed by atoms with E-state index in [9.17, 15) is 4.79 Å². The van der Waals surface area contributed by atoms with E-state index in [1.54, 1.807) is 22.9 Å². The lowest BCUT2D eigenvalue weighted by Crippen LogP contribution is -2.15. The van der Waals surface area contributed by atoms with Gasteiger partial charge in [-0.3, -0.25) is 4.79 Å².